The van der Waals surface area contributed by atoms with E-state index in [1.807, 2.05) is 48.3 Å². The first-order valence-corrected chi connectivity index (χ1v) is 9.28. The number of carbonyl (C=O) groups excluding carboxylic acids is 1. The second-order valence-electron chi connectivity index (χ2n) is 6.87. The molecule has 0 atom stereocenters. The Kier molecular flexibility index (Phi) is 6.36. The number of carbonyl (C=O) groups is 1. The van der Waals surface area contributed by atoms with E-state index in [-0.39, 0.29) is 24.2 Å². The molecule has 3 aromatic rings. The lowest BCUT2D eigenvalue weighted by atomic mass is 9.97. The lowest BCUT2D eigenvalue weighted by molar-refractivity contribution is -0.384. The molecule has 29 heavy (non-hydrogen) atoms. The normalized spacial score (nSPS) is 10.9. The molecule has 0 heterocycles. The Morgan fingerprint density at radius 2 is 1.34 bits per heavy atom. The molecule has 0 saturated carbocycles. The Morgan fingerprint density at radius 3 is 1.79 bits per heavy atom. The molecule has 6 nitrogen and oxygen atoms in total. The van der Waals surface area contributed by atoms with Crippen molar-refractivity contribution < 1.29 is 9.72 Å². The second kappa shape index (κ2) is 9.12. The summed E-state index contributed by atoms with van der Waals surface area (Å²) in [6.07, 6.45) is 0. The maximum Gasteiger partial charge on any atom is 0.269 e. The number of hydrogen-bond donors (Lipinski definition) is 0. The molecule has 0 fully saturated rings. The van der Waals surface area contributed by atoms with Gasteiger partial charge >= 0.3 is 0 Å². The second-order valence-corrected chi connectivity index (χ2v) is 6.87. The van der Waals surface area contributed by atoms with Crippen LogP contribution in [0.4, 0.5) is 11.4 Å². The molecular weight excluding hydrogens is 366 g/mol. The number of amides is 1. The quantitative estimate of drug-likeness (QED) is 0.447. The fraction of sp³-hybridized carbons (Fsp3) is 0.174. The van der Waals surface area contributed by atoms with Crippen molar-refractivity contribution in [1.29, 1.82) is 0 Å². The molecule has 1 amide bonds. The average molecular weight is 389 g/mol. The highest BCUT2D eigenvalue weighted by Gasteiger charge is 2.23. The Labute approximate surface area is 170 Å². The minimum absolute atomic E-state index is 0.0000590. The number of benzene rings is 3. The first-order valence-electron chi connectivity index (χ1n) is 9.28. The monoisotopic (exact) mass is 389 g/mol. The Balaban J connectivity index is 1.79. The van der Waals surface area contributed by atoms with E-state index in [0.29, 0.717) is 5.69 Å². The van der Waals surface area contributed by atoms with Gasteiger partial charge in [-0.15, -0.1) is 0 Å². The third-order valence-corrected chi connectivity index (χ3v) is 4.88. The standard InChI is InChI=1S/C23H23N3O3/c1-24(17-22(27)25(2)20-13-15-21(16-14-20)26(28)29)23(18-9-5-3-6-10-18)19-11-7-4-8-12-19/h3-16,23H,17H2,1-2H3. The smallest absolute Gasteiger partial charge is 0.269 e. The van der Waals surface area contributed by atoms with E-state index in [2.05, 4.69) is 24.3 Å². The fourth-order valence-electron chi connectivity index (χ4n) is 3.32. The van der Waals surface area contributed by atoms with Gasteiger partial charge in [-0.2, -0.15) is 0 Å². The highest BCUT2D eigenvalue weighted by atomic mass is 16.6. The summed E-state index contributed by atoms with van der Waals surface area (Å²) < 4.78 is 0. The van der Waals surface area contributed by atoms with Crippen LogP contribution in [0.1, 0.15) is 17.2 Å². The van der Waals surface area contributed by atoms with Gasteiger partial charge in [0, 0.05) is 24.9 Å². The topological polar surface area (TPSA) is 66.7 Å². The lowest BCUT2D eigenvalue weighted by Gasteiger charge is -2.30. The molecule has 0 aliphatic heterocycles. The highest BCUT2D eigenvalue weighted by Crippen LogP contribution is 2.27. The summed E-state index contributed by atoms with van der Waals surface area (Å²) in [5, 5.41) is 10.8. The van der Waals surface area contributed by atoms with Gasteiger partial charge in [-0.3, -0.25) is 19.8 Å². The molecule has 0 bridgehead atoms. The minimum atomic E-state index is -0.455. The highest BCUT2D eigenvalue weighted by molar-refractivity contribution is 5.94. The van der Waals surface area contributed by atoms with E-state index >= 15 is 0 Å². The average Bonchev–Trinajstić information content (AvgIpc) is 2.75. The maximum atomic E-state index is 12.9. The summed E-state index contributed by atoms with van der Waals surface area (Å²) in [5.41, 5.74) is 2.82. The van der Waals surface area contributed by atoms with Crippen molar-refractivity contribution in [3.8, 4) is 0 Å². The van der Waals surface area contributed by atoms with Crippen LogP contribution in [0, 0.1) is 10.1 Å². The Morgan fingerprint density at radius 1 is 0.862 bits per heavy atom. The van der Waals surface area contributed by atoms with E-state index in [1.54, 1.807) is 19.2 Å². The van der Waals surface area contributed by atoms with Crippen LogP contribution in [-0.2, 0) is 4.79 Å². The number of nitro groups is 1. The van der Waals surface area contributed by atoms with Crippen molar-refractivity contribution in [3.05, 3.63) is 106 Å². The number of likely N-dealkylation sites (N-methyl/N-ethyl adjacent to an activating group) is 2. The van der Waals surface area contributed by atoms with Crippen LogP contribution < -0.4 is 4.90 Å². The van der Waals surface area contributed by atoms with Crippen LogP contribution in [0.15, 0.2) is 84.9 Å². The Hall–Kier alpha value is -3.51. The number of nitro benzene ring substituents is 1. The molecular formula is C23H23N3O3. The van der Waals surface area contributed by atoms with Crippen LogP contribution in [0.2, 0.25) is 0 Å². The Bertz CT molecular complexity index is 920. The van der Waals surface area contributed by atoms with E-state index in [0.717, 1.165) is 11.1 Å². The van der Waals surface area contributed by atoms with Gasteiger partial charge in [-0.1, -0.05) is 60.7 Å². The first kappa shape index (κ1) is 20.2. The molecule has 3 rings (SSSR count). The summed E-state index contributed by atoms with van der Waals surface area (Å²) in [5.74, 6) is -0.0989. The maximum absolute atomic E-state index is 12.9. The van der Waals surface area contributed by atoms with Crippen molar-refractivity contribution in [1.82, 2.24) is 4.90 Å². The first-order chi connectivity index (χ1) is 14.0. The van der Waals surface area contributed by atoms with E-state index < -0.39 is 4.92 Å². The number of non-ortho nitro benzene ring substituents is 1. The van der Waals surface area contributed by atoms with Crippen molar-refractivity contribution >= 4 is 17.3 Å². The third-order valence-electron chi connectivity index (χ3n) is 4.88. The SMILES string of the molecule is CN(C(=O)CN(C)C(c1ccccc1)c1ccccc1)c1ccc([N+](=O)[O-])cc1. The summed E-state index contributed by atoms with van der Waals surface area (Å²) in [6.45, 7) is 0.196. The molecule has 3 aromatic carbocycles. The number of nitrogens with zero attached hydrogens (tertiary/aromatic N) is 3. The molecule has 0 saturated heterocycles. The molecule has 0 radical (unpaired) electrons. The third kappa shape index (κ3) is 4.86. The summed E-state index contributed by atoms with van der Waals surface area (Å²) in [4.78, 5) is 26.8. The van der Waals surface area contributed by atoms with Crippen LogP contribution in [0.3, 0.4) is 0 Å². The fourth-order valence-corrected chi connectivity index (χ4v) is 3.32. The van der Waals surface area contributed by atoms with Gasteiger partial charge in [0.2, 0.25) is 5.91 Å². The zero-order valence-electron chi connectivity index (χ0n) is 16.4. The molecule has 6 heteroatoms. The number of anilines is 1. The predicted octanol–water partition coefficient (Wildman–Crippen LogP) is 4.28. The molecule has 0 unspecified atom stereocenters. The van der Waals surface area contributed by atoms with E-state index in [4.69, 9.17) is 0 Å². The molecule has 148 valence electrons. The van der Waals surface area contributed by atoms with Crippen LogP contribution in [-0.4, -0.2) is 36.4 Å². The van der Waals surface area contributed by atoms with Gasteiger partial charge in [0.15, 0.2) is 0 Å². The minimum Gasteiger partial charge on any atom is -0.314 e. The van der Waals surface area contributed by atoms with E-state index in [1.165, 1.54) is 17.0 Å². The van der Waals surface area contributed by atoms with Gasteiger partial charge in [0.05, 0.1) is 17.5 Å². The van der Waals surface area contributed by atoms with Crippen LogP contribution in [0.5, 0.6) is 0 Å². The van der Waals surface area contributed by atoms with Crippen LogP contribution in [0.25, 0.3) is 0 Å². The largest absolute Gasteiger partial charge is 0.314 e. The number of rotatable bonds is 7. The predicted molar refractivity (Wildman–Crippen MR) is 114 cm³/mol. The number of hydrogen-bond acceptors (Lipinski definition) is 4. The van der Waals surface area contributed by atoms with Crippen molar-refractivity contribution in [2.75, 3.05) is 25.5 Å². The summed E-state index contributed by atoms with van der Waals surface area (Å²) >= 11 is 0. The van der Waals surface area contributed by atoms with Gasteiger partial charge in [0.1, 0.15) is 0 Å². The zero-order valence-corrected chi connectivity index (χ0v) is 16.4. The van der Waals surface area contributed by atoms with Gasteiger partial charge in [0.25, 0.3) is 5.69 Å². The zero-order chi connectivity index (χ0) is 20.8. The molecule has 0 N–H and O–H groups in total. The van der Waals surface area contributed by atoms with Gasteiger partial charge < -0.3 is 4.90 Å². The lowest BCUT2D eigenvalue weighted by Crippen LogP contribution is -2.38. The van der Waals surface area contributed by atoms with Gasteiger partial charge in [-0.05, 0) is 30.3 Å². The molecule has 0 spiro atoms. The van der Waals surface area contributed by atoms with Gasteiger partial charge in [-0.25, -0.2) is 0 Å². The van der Waals surface area contributed by atoms with Crippen molar-refractivity contribution in [2.24, 2.45) is 0 Å². The summed E-state index contributed by atoms with van der Waals surface area (Å²) in [6, 6.07) is 26.0. The van der Waals surface area contributed by atoms with E-state index in [9.17, 15) is 14.9 Å². The van der Waals surface area contributed by atoms with Crippen molar-refractivity contribution in [3.63, 3.8) is 0 Å². The molecule has 0 aromatic heterocycles. The van der Waals surface area contributed by atoms with Crippen LogP contribution >= 0.6 is 0 Å². The molecule has 0 aliphatic rings. The van der Waals surface area contributed by atoms with Crippen molar-refractivity contribution in [2.45, 2.75) is 6.04 Å². The summed E-state index contributed by atoms with van der Waals surface area (Å²) in [7, 11) is 3.60. The molecule has 0 aliphatic carbocycles.